The Hall–Kier alpha value is -2.24. The van der Waals surface area contributed by atoms with E-state index in [9.17, 15) is 4.39 Å². The minimum atomic E-state index is -0.284. The van der Waals surface area contributed by atoms with Gasteiger partial charge in [0, 0.05) is 12.6 Å². The van der Waals surface area contributed by atoms with E-state index in [-0.39, 0.29) is 17.9 Å². The fraction of sp³-hybridized carbons (Fsp3) is 0.357. The number of hydrogen-bond donors (Lipinski definition) is 1. The van der Waals surface area contributed by atoms with Gasteiger partial charge in [-0.25, -0.2) is 4.39 Å². The van der Waals surface area contributed by atoms with E-state index in [0.717, 1.165) is 11.1 Å². The van der Waals surface area contributed by atoms with Crippen LogP contribution in [0.1, 0.15) is 19.4 Å². The third-order valence-corrected chi connectivity index (χ3v) is 2.61. The summed E-state index contributed by atoms with van der Waals surface area (Å²) in [7, 11) is 1.72. The number of rotatable bonds is 4. The molecule has 20 heavy (non-hydrogen) atoms. The van der Waals surface area contributed by atoms with E-state index in [1.807, 2.05) is 20.8 Å². The normalized spacial score (nSPS) is 10.7. The van der Waals surface area contributed by atoms with E-state index >= 15 is 0 Å². The summed E-state index contributed by atoms with van der Waals surface area (Å²) >= 11 is 0. The molecule has 2 rings (SSSR count). The molecule has 0 aliphatic carbocycles. The first-order valence-electron chi connectivity index (χ1n) is 6.36. The van der Waals surface area contributed by atoms with Gasteiger partial charge in [0.1, 0.15) is 5.82 Å². The van der Waals surface area contributed by atoms with Gasteiger partial charge in [-0.2, -0.15) is 15.0 Å². The van der Waals surface area contributed by atoms with Crippen LogP contribution in [0, 0.1) is 12.7 Å². The molecule has 2 aromatic rings. The number of aromatic nitrogens is 3. The molecule has 0 aliphatic heterocycles. The van der Waals surface area contributed by atoms with Crippen LogP contribution in [-0.2, 0) is 0 Å². The van der Waals surface area contributed by atoms with Crippen molar-refractivity contribution < 1.29 is 9.13 Å². The van der Waals surface area contributed by atoms with Crippen LogP contribution in [0.25, 0.3) is 11.4 Å². The maximum Gasteiger partial charge on any atom is 0.322 e. The molecule has 0 spiro atoms. The zero-order valence-corrected chi connectivity index (χ0v) is 11.9. The number of nitrogens with one attached hydrogen (secondary N) is 1. The summed E-state index contributed by atoms with van der Waals surface area (Å²) in [5.41, 5.74) is 1.51. The molecule has 0 aliphatic rings. The van der Waals surface area contributed by atoms with Gasteiger partial charge in [0.2, 0.25) is 5.95 Å². The lowest BCUT2D eigenvalue weighted by Gasteiger charge is -2.11. The predicted molar refractivity (Wildman–Crippen MR) is 75.3 cm³/mol. The smallest absolute Gasteiger partial charge is 0.322 e. The van der Waals surface area contributed by atoms with E-state index in [1.165, 1.54) is 12.1 Å². The van der Waals surface area contributed by atoms with Crippen molar-refractivity contribution in [3.05, 3.63) is 29.6 Å². The molecule has 106 valence electrons. The number of ether oxygens (including phenoxy) is 1. The Kier molecular flexibility index (Phi) is 4.12. The first-order valence-corrected chi connectivity index (χ1v) is 6.36. The van der Waals surface area contributed by atoms with Crippen LogP contribution in [0.3, 0.4) is 0 Å². The van der Waals surface area contributed by atoms with Gasteiger partial charge in [0.25, 0.3) is 0 Å². The predicted octanol–water partition coefficient (Wildman–Crippen LogP) is 2.82. The van der Waals surface area contributed by atoms with E-state index in [1.54, 1.807) is 13.1 Å². The standard InChI is InChI=1S/C14H17FN4O/c1-8(2)20-14-18-12(17-13(16-4)19-14)11-6-5-10(15)7-9(11)3/h5-8H,1-4H3,(H,16,17,18,19). The van der Waals surface area contributed by atoms with E-state index < -0.39 is 0 Å². The zero-order valence-electron chi connectivity index (χ0n) is 11.9. The highest BCUT2D eigenvalue weighted by Gasteiger charge is 2.12. The molecule has 5 nitrogen and oxygen atoms in total. The molecular weight excluding hydrogens is 259 g/mol. The van der Waals surface area contributed by atoms with Crippen molar-refractivity contribution in [1.82, 2.24) is 15.0 Å². The molecule has 1 aromatic heterocycles. The summed E-state index contributed by atoms with van der Waals surface area (Å²) in [6.45, 7) is 5.60. The topological polar surface area (TPSA) is 59.9 Å². The van der Waals surface area contributed by atoms with Crippen LogP contribution < -0.4 is 10.1 Å². The molecular formula is C14H17FN4O. The minimum Gasteiger partial charge on any atom is -0.461 e. The molecule has 6 heteroatoms. The molecule has 1 N–H and O–H groups in total. The summed E-state index contributed by atoms with van der Waals surface area (Å²) in [5, 5.41) is 2.87. The number of halogens is 1. The van der Waals surface area contributed by atoms with Gasteiger partial charge in [0.15, 0.2) is 5.82 Å². The Balaban J connectivity index is 2.49. The Bertz CT molecular complexity index is 616. The Morgan fingerprint density at radius 3 is 2.55 bits per heavy atom. The highest BCUT2D eigenvalue weighted by atomic mass is 19.1. The van der Waals surface area contributed by atoms with Gasteiger partial charge in [-0.05, 0) is 44.5 Å². The Morgan fingerprint density at radius 2 is 1.95 bits per heavy atom. The molecule has 0 radical (unpaired) electrons. The second-order valence-electron chi connectivity index (χ2n) is 4.64. The maximum atomic E-state index is 13.2. The van der Waals surface area contributed by atoms with Gasteiger partial charge in [-0.1, -0.05) is 0 Å². The Labute approximate surface area is 117 Å². The molecule has 0 saturated carbocycles. The monoisotopic (exact) mass is 276 g/mol. The molecule has 0 atom stereocenters. The van der Waals surface area contributed by atoms with Crippen LogP contribution in [0.5, 0.6) is 6.01 Å². The van der Waals surface area contributed by atoms with Crippen LogP contribution in [-0.4, -0.2) is 28.1 Å². The van der Waals surface area contributed by atoms with E-state index in [2.05, 4.69) is 20.3 Å². The largest absolute Gasteiger partial charge is 0.461 e. The molecule has 0 amide bonds. The summed E-state index contributed by atoms with van der Waals surface area (Å²) in [4.78, 5) is 12.7. The summed E-state index contributed by atoms with van der Waals surface area (Å²) in [5.74, 6) is 0.583. The molecule has 0 fully saturated rings. The highest BCUT2D eigenvalue weighted by molar-refractivity contribution is 5.61. The molecule has 0 unspecified atom stereocenters. The average molecular weight is 276 g/mol. The number of nitrogens with zero attached hydrogens (tertiary/aromatic N) is 3. The van der Waals surface area contributed by atoms with E-state index in [4.69, 9.17) is 4.74 Å². The van der Waals surface area contributed by atoms with Gasteiger partial charge < -0.3 is 10.1 Å². The number of aryl methyl sites for hydroxylation is 1. The van der Waals surface area contributed by atoms with Crippen LogP contribution in [0.2, 0.25) is 0 Å². The minimum absolute atomic E-state index is 0.0377. The number of hydrogen-bond acceptors (Lipinski definition) is 5. The van der Waals surface area contributed by atoms with Gasteiger partial charge in [-0.15, -0.1) is 0 Å². The third kappa shape index (κ3) is 3.20. The lowest BCUT2D eigenvalue weighted by atomic mass is 10.1. The quantitative estimate of drug-likeness (QED) is 0.930. The molecule has 1 aromatic carbocycles. The SMILES string of the molecule is CNc1nc(OC(C)C)nc(-c2ccc(F)cc2C)n1. The van der Waals surface area contributed by atoms with Gasteiger partial charge >= 0.3 is 6.01 Å². The van der Waals surface area contributed by atoms with Crippen molar-refractivity contribution >= 4 is 5.95 Å². The van der Waals surface area contributed by atoms with Gasteiger partial charge in [-0.3, -0.25) is 0 Å². The fourth-order valence-corrected chi connectivity index (χ4v) is 1.73. The third-order valence-electron chi connectivity index (χ3n) is 2.61. The lowest BCUT2D eigenvalue weighted by Crippen LogP contribution is -2.11. The van der Waals surface area contributed by atoms with Crippen molar-refractivity contribution in [1.29, 1.82) is 0 Å². The van der Waals surface area contributed by atoms with E-state index in [0.29, 0.717) is 11.8 Å². The van der Waals surface area contributed by atoms with Gasteiger partial charge in [0.05, 0.1) is 6.10 Å². The molecule has 0 bridgehead atoms. The second kappa shape index (κ2) is 5.81. The first-order chi connectivity index (χ1) is 9.49. The van der Waals surface area contributed by atoms with Crippen molar-refractivity contribution in [3.63, 3.8) is 0 Å². The lowest BCUT2D eigenvalue weighted by molar-refractivity contribution is 0.222. The van der Waals surface area contributed by atoms with Crippen LogP contribution in [0.4, 0.5) is 10.3 Å². The summed E-state index contributed by atoms with van der Waals surface area (Å²) in [6.07, 6.45) is -0.0377. The average Bonchev–Trinajstić information content (AvgIpc) is 2.37. The fourth-order valence-electron chi connectivity index (χ4n) is 1.73. The van der Waals surface area contributed by atoms with Crippen LogP contribution in [0.15, 0.2) is 18.2 Å². The highest BCUT2D eigenvalue weighted by Crippen LogP contribution is 2.23. The first kappa shape index (κ1) is 14.2. The molecule has 1 heterocycles. The summed E-state index contributed by atoms with van der Waals surface area (Å²) in [6, 6.07) is 4.73. The molecule has 0 saturated heterocycles. The van der Waals surface area contributed by atoms with Crippen molar-refractivity contribution in [2.75, 3.05) is 12.4 Å². The van der Waals surface area contributed by atoms with Crippen molar-refractivity contribution in [3.8, 4) is 17.4 Å². The van der Waals surface area contributed by atoms with Crippen molar-refractivity contribution in [2.24, 2.45) is 0 Å². The Morgan fingerprint density at radius 1 is 1.20 bits per heavy atom. The second-order valence-corrected chi connectivity index (χ2v) is 4.64. The number of benzene rings is 1. The van der Waals surface area contributed by atoms with Crippen LogP contribution >= 0.6 is 0 Å². The maximum absolute atomic E-state index is 13.2. The zero-order chi connectivity index (χ0) is 14.7. The summed E-state index contributed by atoms with van der Waals surface area (Å²) < 4.78 is 18.7. The number of anilines is 1. The van der Waals surface area contributed by atoms with Crippen molar-refractivity contribution in [2.45, 2.75) is 26.9 Å².